The number of aliphatic hydroxyl groups excluding tert-OH is 3. The molecule has 0 bridgehead atoms. The van der Waals surface area contributed by atoms with Crippen molar-refractivity contribution in [1.29, 1.82) is 0 Å². The van der Waals surface area contributed by atoms with E-state index in [-0.39, 0.29) is 45.3 Å². The van der Waals surface area contributed by atoms with Gasteiger partial charge in [-0.15, -0.1) is 0 Å². The topological polar surface area (TPSA) is 189 Å². The minimum atomic E-state index is -1.73. The molecule has 0 spiro atoms. The fraction of sp³-hybridized carbons (Fsp3) is 0.318. The van der Waals surface area contributed by atoms with Crippen LogP contribution in [0.2, 0.25) is 0 Å². The molecule has 12 nitrogen and oxygen atoms in total. The third kappa shape index (κ3) is 3.92. The number of aromatic hydroxyl groups is 3. The first kappa shape index (κ1) is 23.4. The molecule has 1 fully saturated rings. The van der Waals surface area contributed by atoms with Gasteiger partial charge in [0.2, 0.25) is 23.2 Å². The number of phenolic OH excluding ortho intramolecular Hbond substituents is 3. The molecule has 4 rings (SSSR count). The van der Waals surface area contributed by atoms with Gasteiger partial charge in [0.25, 0.3) is 0 Å². The van der Waals surface area contributed by atoms with E-state index in [1.54, 1.807) is 0 Å². The minimum Gasteiger partial charge on any atom is -0.508 e. The van der Waals surface area contributed by atoms with E-state index in [1.807, 2.05) is 0 Å². The standard InChI is InChI=1S/C22H22O12/c1-30-13-3-8(4-14(31-2)17(13)27)20-21(34-22-19(29)16(26)11(25)7-32-22)18(28)15-10(24)5-9(23)6-12(15)33-20/h3-6,11,16,19,22-27,29H,7H2,1-2H3. The predicted molar refractivity (Wildman–Crippen MR) is 114 cm³/mol. The van der Waals surface area contributed by atoms with Crippen LogP contribution < -0.4 is 19.6 Å². The number of fused-ring (bicyclic) bond motifs is 1. The second-order valence-corrected chi connectivity index (χ2v) is 7.52. The number of rotatable bonds is 5. The molecule has 4 atom stereocenters. The van der Waals surface area contributed by atoms with Crippen molar-refractivity contribution in [1.82, 2.24) is 0 Å². The SMILES string of the molecule is COc1cc(-c2oc3cc(O)cc(O)c3c(=O)c2OC2OCC(O)C(O)C2O)cc(OC)c1O. The normalized spacial score (nSPS) is 22.5. The van der Waals surface area contributed by atoms with Crippen LogP contribution in [-0.2, 0) is 4.74 Å². The molecule has 2 aromatic carbocycles. The first-order chi connectivity index (χ1) is 16.2. The number of phenols is 3. The van der Waals surface area contributed by atoms with Gasteiger partial charge >= 0.3 is 0 Å². The van der Waals surface area contributed by atoms with Gasteiger partial charge in [0.1, 0.15) is 40.8 Å². The summed E-state index contributed by atoms with van der Waals surface area (Å²) in [6.45, 7) is -0.392. The third-order valence-electron chi connectivity index (χ3n) is 5.35. The van der Waals surface area contributed by atoms with Gasteiger partial charge in [0.05, 0.1) is 20.8 Å². The van der Waals surface area contributed by atoms with Gasteiger partial charge in [-0.05, 0) is 12.1 Å². The minimum absolute atomic E-state index is 0.0331. The molecule has 34 heavy (non-hydrogen) atoms. The molecule has 182 valence electrons. The Bertz CT molecular complexity index is 1260. The number of ether oxygens (including phenoxy) is 4. The largest absolute Gasteiger partial charge is 0.508 e. The molecular weight excluding hydrogens is 456 g/mol. The van der Waals surface area contributed by atoms with Gasteiger partial charge in [-0.2, -0.15) is 0 Å². The Morgan fingerprint density at radius 1 is 0.941 bits per heavy atom. The molecule has 6 N–H and O–H groups in total. The lowest BCUT2D eigenvalue weighted by atomic mass is 10.1. The molecule has 1 aromatic heterocycles. The number of methoxy groups -OCH3 is 2. The molecule has 2 heterocycles. The van der Waals surface area contributed by atoms with Gasteiger partial charge in [-0.1, -0.05) is 0 Å². The molecule has 4 unspecified atom stereocenters. The lowest BCUT2D eigenvalue weighted by Gasteiger charge is -2.34. The van der Waals surface area contributed by atoms with Crippen molar-refractivity contribution < 1.29 is 54.0 Å². The van der Waals surface area contributed by atoms with Crippen molar-refractivity contribution in [3.8, 4) is 45.8 Å². The second kappa shape index (κ2) is 8.91. The monoisotopic (exact) mass is 478 g/mol. The Morgan fingerprint density at radius 2 is 1.59 bits per heavy atom. The van der Waals surface area contributed by atoms with Crippen LogP contribution in [0.25, 0.3) is 22.3 Å². The van der Waals surface area contributed by atoms with Gasteiger partial charge < -0.3 is 54.0 Å². The van der Waals surface area contributed by atoms with Crippen LogP contribution in [-0.4, -0.2) is 76.1 Å². The van der Waals surface area contributed by atoms with Crippen molar-refractivity contribution in [2.24, 2.45) is 0 Å². The molecule has 0 radical (unpaired) electrons. The van der Waals surface area contributed by atoms with Crippen LogP contribution in [0, 0.1) is 0 Å². The van der Waals surface area contributed by atoms with E-state index in [4.69, 9.17) is 23.4 Å². The Balaban J connectivity index is 1.96. The maximum Gasteiger partial charge on any atom is 0.239 e. The summed E-state index contributed by atoms with van der Waals surface area (Å²) in [5.41, 5.74) is -0.971. The van der Waals surface area contributed by atoms with Crippen molar-refractivity contribution in [3.05, 3.63) is 34.5 Å². The van der Waals surface area contributed by atoms with E-state index in [9.17, 15) is 35.4 Å². The summed E-state index contributed by atoms with van der Waals surface area (Å²) in [6, 6.07) is 4.66. The van der Waals surface area contributed by atoms with E-state index in [1.165, 1.54) is 26.4 Å². The maximum absolute atomic E-state index is 13.4. The third-order valence-corrected chi connectivity index (χ3v) is 5.35. The Hall–Kier alpha value is -3.71. The van der Waals surface area contributed by atoms with Crippen LogP contribution in [0.5, 0.6) is 34.5 Å². The summed E-state index contributed by atoms with van der Waals surface area (Å²) in [5.74, 6) is -2.15. The zero-order chi connectivity index (χ0) is 24.7. The zero-order valence-electron chi connectivity index (χ0n) is 18.0. The van der Waals surface area contributed by atoms with Gasteiger partial charge in [0, 0.05) is 17.7 Å². The summed E-state index contributed by atoms with van der Waals surface area (Å²) in [5, 5.41) is 59.9. The van der Waals surface area contributed by atoms with Crippen LogP contribution in [0.1, 0.15) is 0 Å². The summed E-state index contributed by atoms with van der Waals surface area (Å²) in [6.07, 6.45) is -6.31. The van der Waals surface area contributed by atoms with Crippen molar-refractivity contribution in [2.75, 3.05) is 20.8 Å². The van der Waals surface area contributed by atoms with E-state index in [0.717, 1.165) is 12.1 Å². The molecule has 1 saturated heterocycles. The van der Waals surface area contributed by atoms with Crippen LogP contribution in [0.3, 0.4) is 0 Å². The zero-order valence-corrected chi connectivity index (χ0v) is 18.0. The van der Waals surface area contributed by atoms with Crippen LogP contribution in [0.4, 0.5) is 0 Å². The highest BCUT2D eigenvalue weighted by Crippen LogP contribution is 2.43. The van der Waals surface area contributed by atoms with E-state index >= 15 is 0 Å². The highest BCUT2D eigenvalue weighted by Gasteiger charge is 2.40. The molecule has 3 aromatic rings. The number of hydrogen-bond acceptors (Lipinski definition) is 12. The van der Waals surface area contributed by atoms with Crippen LogP contribution in [0.15, 0.2) is 33.5 Å². The molecule has 1 aliphatic heterocycles. The highest BCUT2D eigenvalue weighted by atomic mass is 16.7. The van der Waals surface area contributed by atoms with Crippen LogP contribution >= 0.6 is 0 Å². The summed E-state index contributed by atoms with van der Waals surface area (Å²) in [7, 11) is 2.59. The van der Waals surface area contributed by atoms with Crippen molar-refractivity contribution in [2.45, 2.75) is 24.6 Å². The molecule has 0 aliphatic carbocycles. The second-order valence-electron chi connectivity index (χ2n) is 7.52. The quantitative estimate of drug-likeness (QED) is 0.297. The summed E-state index contributed by atoms with van der Waals surface area (Å²) < 4.78 is 26.9. The number of aliphatic hydroxyl groups is 3. The summed E-state index contributed by atoms with van der Waals surface area (Å²) in [4.78, 5) is 13.4. The molecule has 1 aliphatic rings. The van der Waals surface area contributed by atoms with Gasteiger partial charge in [-0.25, -0.2) is 0 Å². The van der Waals surface area contributed by atoms with Gasteiger partial charge in [0.15, 0.2) is 17.3 Å². The van der Waals surface area contributed by atoms with E-state index < -0.39 is 48.1 Å². The van der Waals surface area contributed by atoms with Gasteiger partial charge in [-0.3, -0.25) is 4.79 Å². The van der Waals surface area contributed by atoms with E-state index in [0.29, 0.717) is 0 Å². The van der Waals surface area contributed by atoms with Crippen molar-refractivity contribution in [3.63, 3.8) is 0 Å². The molecule has 12 heteroatoms. The predicted octanol–water partition coefficient (Wildman–Crippen LogP) is 0.412. The molecule has 0 saturated carbocycles. The Morgan fingerprint density at radius 3 is 2.21 bits per heavy atom. The maximum atomic E-state index is 13.4. The first-order valence-corrected chi connectivity index (χ1v) is 9.96. The first-order valence-electron chi connectivity index (χ1n) is 9.96. The average molecular weight is 478 g/mol. The van der Waals surface area contributed by atoms with Crippen molar-refractivity contribution >= 4 is 11.0 Å². The molecular formula is C22H22O12. The van der Waals surface area contributed by atoms with E-state index in [2.05, 4.69) is 0 Å². The molecule has 0 amide bonds. The average Bonchev–Trinajstić information content (AvgIpc) is 2.80. The number of hydrogen-bond donors (Lipinski definition) is 6. The lowest BCUT2D eigenvalue weighted by Crippen LogP contribution is -2.55. The Labute approximate surface area is 191 Å². The summed E-state index contributed by atoms with van der Waals surface area (Å²) >= 11 is 0. The lowest BCUT2D eigenvalue weighted by molar-refractivity contribution is -0.242. The fourth-order valence-corrected chi connectivity index (χ4v) is 3.59. The smallest absolute Gasteiger partial charge is 0.239 e. The highest BCUT2D eigenvalue weighted by molar-refractivity contribution is 5.88. The Kier molecular flexibility index (Phi) is 6.15. The number of benzene rings is 2. The fourth-order valence-electron chi connectivity index (χ4n) is 3.59.